The number of pyridine rings is 1. The molecule has 0 bridgehead atoms. The summed E-state index contributed by atoms with van der Waals surface area (Å²) < 4.78 is 27.3. The highest BCUT2D eigenvalue weighted by Gasteiger charge is 2.24. The third-order valence-electron chi connectivity index (χ3n) is 4.28. The van der Waals surface area contributed by atoms with Crippen molar-refractivity contribution in [3.8, 4) is 11.1 Å². The smallest absolute Gasteiger partial charge is 0.264 e. The van der Waals surface area contributed by atoms with Gasteiger partial charge < -0.3 is 4.90 Å². The minimum absolute atomic E-state index is 0.0420. The molecule has 3 rings (SSSR count). The molecule has 1 aliphatic heterocycles. The summed E-state index contributed by atoms with van der Waals surface area (Å²) in [5.41, 5.74) is 3.25. The van der Waals surface area contributed by atoms with Gasteiger partial charge in [-0.2, -0.15) is 0 Å². The summed E-state index contributed by atoms with van der Waals surface area (Å²) in [4.78, 5) is 6.23. The van der Waals surface area contributed by atoms with Crippen LogP contribution < -0.4 is 4.90 Å². The molecule has 0 N–H and O–H groups in total. The van der Waals surface area contributed by atoms with E-state index in [1.54, 1.807) is 18.3 Å². The first kappa shape index (κ1) is 16.2. The molecule has 1 aromatic carbocycles. The highest BCUT2D eigenvalue weighted by molar-refractivity contribution is 6.30. The standard InChI is InChI=1S/C18H19ClF2N2/c1-11(2)23-5-3-4-12-7-15(13-6-14(19)10-22-9-13)16(18(20)21)8-17(12)23/h6-11,18H,3-5H2,1-2H3. The number of alkyl halides is 2. The van der Waals surface area contributed by atoms with Gasteiger partial charge in [-0.15, -0.1) is 0 Å². The average molecular weight is 337 g/mol. The second-order valence-corrected chi connectivity index (χ2v) is 6.59. The first-order valence-corrected chi connectivity index (χ1v) is 8.17. The lowest BCUT2D eigenvalue weighted by Gasteiger charge is -2.35. The lowest BCUT2D eigenvalue weighted by atomic mass is 9.92. The Morgan fingerprint density at radius 1 is 1.17 bits per heavy atom. The van der Waals surface area contributed by atoms with Gasteiger partial charge >= 0.3 is 0 Å². The van der Waals surface area contributed by atoms with Crippen molar-refractivity contribution in [1.29, 1.82) is 0 Å². The quantitative estimate of drug-likeness (QED) is 0.735. The predicted molar refractivity (Wildman–Crippen MR) is 90.4 cm³/mol. The number of nitrogens with zero attached hydrogens (tertiary/aromatic N) is 2. The van der Waals surface area contributed by atoms with Crippen molar-refractivity contribution in [2.24, 2.45) is 0 Å². The molecule has 1 aromatic heterocycles. The van der Waals surface area contributed by atoms with E-state index < -0.39 is 6.43 Å². The molecule has 0 amide bonds. The third kappa shape index (κ3) is 3.18. The molecule has 5 heteroatoms. The Kier molecular flexibility index (Phi) is 4.53. The fraction of sp³-hybridized carbons (Fsp3) is 0.389. The number of benzene rings is 1. The van der Waals surface area contributed by atoms with Crippen LogP contribution in [0.25, 0.3) is 11.1 Å². The van der Waals surface area contributed by atoms with Gasteiger partial charge in [0.05, 0.1) is 5.02 Å². The van der Waals surface area contributed by atoms with Crippen LogP contribution in [0.2, 0.25) is 5.02 Å². The number of anilines is 1. The topological polar surface area (TPSA) is 16.1 Å². The van der Waals surface area contributed by atoms with Crippen molar-refractivity contribution in [3.05, 3.63) is 46.7 Å². The van der Waals surface area contributed by atoms with Crippen molar-refractivity contribution in [1.82, 2.24) is 4.98 Å². The molecular weight excluding hydrogens is 318 g/mol. The van der Waals surface area contributed by atoms with Gasteiger partial charge in [0.1, 0.15) is 0 Å². The molecule has 0 atom stereocenters. The summed E-state index contributed by atoms with van der Waals surface area (Å²) in [6.45, 7) is 5.09. The van der Waals surface area contributed by atoms with Crippen molar-refractivity contribution >= 4 is 17.3 Å². The molecule has 2 aromatic rings. The Morgan fingerprint density at radius 2 is 1.96 bits per heavy atom. The fourth-order valence-electron chi connectivity index (χ4n) is 3.20. The van der Waals surface area contributed by atoms with Crippen molar-refractivity contribution in [3.63, 3.8) is 0 Å². The molecule has 122 valence electrons. The lowest BCUT2D eigenvalue weighted by molar-refractivity contribution is 0.152. The molecule has 0 saturated carbocycles. The van der Waals surface area contributed by atoms with E-state index in [0.717, 1.165) is 30.6 Å². The normalized spacial score (nSPS) is 14.5. The molecule has 0 spiro atoms. The van der Waals surface area contributed by atoms with Crippen LogP contribution in [-0.2, 0) is 6.42 Å². The highest BCUT2D eigenvalue weighted by atomic mass is 35.5. The van der Waals surface area contributed by atoms with Gasteiger partial charge in [0.25, 0.3) is 6.43 Å². The van der Waals surface area contributed by atoms with Crippen LogP contribution in [-0.4, -0.2) is 17.6 Å². The lowest BCUT2D eigenvalue weighted by Crippen LogP contribution is -2.35. The Labute approximate surface area is 140 Å². The maximum atomic E-state index is 13.6. The fourth-order valence-corrected chi connectivity index (χ4v) is 3.38. The summed E-state index contributed by atoms with van der Waals surface area (Å²) in [7, 11) is 0. The van der Waals surface area contributed by atoms with Gasteiger partial charge in [0, 0.05) is 41.8 Å². The molecule has 0 unspecified atom stereocenters. The number of aryl methyl sites for hydroxylation is 1. The number of hydrogen-bond acceptors (Lipinski definition) is 2. The van der Waals surface area contributed by atoms with Crippen LogP contribution in [0.3, 0.4) is 0 Å². The van der Waals surface area contributed by atoms with Crippen molar-refractivity contribution in [2.45, 2.75) is 39.2 Å². The van der Waals surface area contributed by atoms with E-state index in [2.05, 4.69) is 23.7 Å². The number of aromatic nitrogens is 1. The maximum absolute atomic E-state index is 13.6. The van der Waals surface area contributed by atoms with E-state index in [1.807, 2.05) is 6.07 Å². The SMILES string of the molecule is CC(C)N1CCCc2cc(-c3cncc(Cl)c3)c(C(F)F)cc21. The molecule has 0 fully saturated rings. The zero-order valence-corrected chi connectivity index (χ0v) is 13.9. The zero-order chi connectivity index (χ0) is 16.6. The van der Waals surface area contributed by atoms with E-state index in [9.17, 15) is 8.78 Å². The van der Waals surface area contributed by atoms with Crippen LogP contribution in [0.4, 0.5) is 14.5 Å². The molecule has 23 heavy (non-hydrogen) atoms. The van der Waals surface area contributed by atoms with Gasteiger partial charge in [0.2, 0.25) is 0 Å². The van der Waals surface area contributed by atoms with Crippen molar-refractivity contribution < 1.29 is 8.78 Å². The van der Waals surface area contributed by atoms with E-state index in [0.29, 0.717) is 22.2 Å². The van der Waals surface area contributed by atoms with E-state index in [4.69, 9.17) is 11.6 Å². The summed E-state index contributed by atoms with van der Waals surface area (Å²) >= 11 is 5.98. The van der Waals surface area contributed by atoms with Gasteiger partial charge in [-0.25, -0.2) is 8.78 Å². The third-order valence-corrected chi connectivity index (χ3v) is 4.49. The molecule has 0 radical (unpaired) electrons. The van der Waals surface area contributed by atoms with Crippen LogP contribution in [0.15, 0.2) is 30.6 Å². The van der Waals surface area contributed by atoms with Crippen LogP contribution in [0.5, 0.6) is 0 Å². The average Bonchev–Trinajstić information content (AvgIpc) is 2.52. The van der Waals surface area contributed by atoms with Gasteiger partial charge in [-0.3, -0.25) is 4.98 Å². The second-order valence-electron chi connectivity index (χ2n) is 6.15. The second kappa shape index (κ2) is 6.44. The maximum Gasteiger partial charge on any atom is 0.264 e. The van der Waals surface area contributed by atoms with Crippen LogP contribution in [0.1, 0.15) is 37.8 Å². The van der Waals surface area contributed by atoms with Gasteiger partial charge in [0.15, 0.2) is 0 Å². The molecule has 0 saturated heterocycles. The minimum Gasteiger partial charge on any atom is -0.369 e. The Balaban J connectivity index is 2.17. The molecule has 2 heterocycles. The largest absolute Gasteiger partial charge is 0.369 e. The monoisotopic (exact) mass is 336 g/mol. The van der Waals surface area contributed by atoms with E-state index in [-0.39, 0.29) is 5.56 Å². The summed E-state index contributed by atoms with van der Waals surface area (Å²) in [6.07, 6.45) is 2.49. The summed E-state index contributed by atoms with van der Waals surface area (Å²) in [6, 6.07) is 5.51. The number of hydrogen-bond donors (Lipinski definition) is 0. The molecular formula is C18H19ClF2N2. The van der Waals surface area contributed by atoms with E-state index >= 15 is 0 Å². The number of fused-ring (bicyclic) bond motifs is 1. The van der Waals surface area contributed by atoms with Crippen LogP contribution >= 0.6 is 11.6 Å². The number of rotatable bonds is 3. The predicted octanol–water partition coefficient (Wildman–Crippen LogP) is 5.50. The minimum atomic E-state index is -2.54. The van der Waals surface area contributed by atoms with E-state index in [1.165, 1.54) is 6.20 Å². The molecule has 0 aliphatic carbocycles. The van der Waals surface area contributed by atoms with Crippen LogP contribution in [0, 0.1) is 0 Å². The van der Waals surface area contributed by atoms with Gasteiger partial charge in [-0.05, 0) is 56.0 Å². The Bertz CT molecular complexity index is 716. The molecule has 2 nitrogen and oxygen atoms in total. The summed E-state index contributed by atoms with van der Waals surface area (Å²) in [5, 5.41) is 0.448. The highest BCUT2D eigenvalue weighted by Crippen LogP contribution is 2.39. The van der Waals surface area contributed by atoms with Gasteiger partial charge in [-0.1, -0.05) is 11.6 Å². The first-order chi connectivity index (χ1) is 11.0. The number of halogens is 3. The molecule has 1 aliphatic rings. The summed E-state index contributed by atoms with van der Waals surface area (Å²) in [5.74, 6) is 0. The zero-order valence-electron chi connectivity index (χ0n) is 13.2. The first-order valence-electron chi connectivity index (χ1n) is 7.80. The Hall–Kier alpha value is -1.68. The van der Waals surface area contributed by atoms with Crippen molar-refractivity contribution in [2.75, 3.05) is 11.4 Å². The Morgan fingerprint density at radius 3 is 2.61 bits per heavy atom.